The third kappa shape index (κ3) is 6.30. The number of nitrogens with one attached hydrogen (secondary N) is 2. The largest absolute Gasteiger partial charge is 0.389 e. The average molecular weight is 362 g/mol. The normalized spacial score (nSPS) is 13.0. The zero-order valence-corrected chi connectivity index (χ0v) is 14.8. The van der Waals surface area contributed by atoms with E-state index in [0.717, 1.165) is 5.56 Å². The van der Waals surface area contributed by atoms with E-state index in [1.165, 1.54) is 18.4 Å². The third-order valence-electron chi connectivity index (χ3n) is 3.52. The summed E-state index contributed by atoms with van der Waals surface area (Å²) in [5, 5.41) is 16.9. The van der Waals surface area contributed by atoms with Gasteiger partial charge in [-0.1, -0.05) is 36.4 Å². The summed E-state index contributed by atoms with van der Waals surface area (Å²) in [7, 11) is 1.48. The van der Waals surface area contributed by atoms with Gasteiger partial charge in [0.2, 0.25) is 5.91 Å². The average Bonchev–Trinajstić information content (AvgIpc) is 3.15. The molecule has 2 amide bonds. The van der Waals surface area contributed by atoms with Crippen LogP contribution in [0.4, 0.5) is 0 Å². The number of thiophene rings is 1. The summed E-state index contributed by atoms with van der Waals surface area (Å²) in [5.74, 6) is -0.632. The molecule has 1 heterocycles. The molecule has 0 aliphatic rings. The summed E-state index contributed by atoms with van der Waals surface area (Å²) < 4.78 is 4.84. The Balaban J connectivity index is 2.02. The van der Waals surface area contributed by atoms with Crippen LogP contribution >= 0.6 is 11.3 Å². The topological polar surface area (TPSA) is 87.7 Å². The van der Waals surface area contributed by atoms with E-state index < -0.39 is 12.1 Å². The van der Waals surface area contributed by atoms with Gasteiger partial charge in [0.15, 0.2) is 0 Å². The Hall–Kier alpha value is -2.22. The second kappa shape index (κ2) is 9.93. The number of aliphatic hydroxyl groups is 1. The van der Waals surface area contributed by atoms with Crippen molar-refractivity contribution in [2.45, 2.75) is 18.6 Å². The molecular weight excluding hydrogens is 340 g/mol. The number of carbonyl (C=O) groups excluding carboxylic acids is 2. The maximum absolute atomic E-state index is 12.5. The molecule has 0 spiro atoms. The molecule has 0 bridgehead atoms. The molecule has 1 aromatic carbocycles. The predicted octanol–water partition coefficient (Wildman–Crippen LogP) is 1.21. The summed E-state index contributed by atoms with van der Waals surface area (Å²) in [6.07, 6.45) is -0.427. The number of ether oxygens (including phenoxy) is 1. The van der Waals surface area contributed by atoms with Crippen LogP contribution in [0.1, 0.15) is 15.2 Å². The molecule has 0 aliphatic heterocycles. The molecule has 3 N–H and O–H groups in total. The van der Waals surface area contributed by atoms with Crippen molar-refractivity contribution in [3.8, 4) is 0 Å². The quantitative estimate of drug-likeness (QED) is 0.626. The lowest BCUT2D eigenvalue weighted by Gasteiger charge is -2.19. The summed E-state index contributed by atoms with van der Waals surface area (Å²) in [6, 6.07) is 12.2. The molecule has 0 fully saturated rings. The second-order valence-corrected chi connectivity index (χ2v) is 6.50. The first-order chi connectivity index (χ1) is 12.1. The number of methoxy groups -OCH3 is 1. The molecule has 6 nitrogen and oxygen atoms in total. The zero-order chi connectivity index (χ0) is 18.1. The number of hydrogen-bond acceptors (Lipinski definition) is 5. The first-order valence-corrected chi connectivity index (χ1v) is 8.81. The van der Waals surface area contributed by atoms with E-state index in [-0.39, 0.29) is 25.0 Å². The van der Waals surface area contributed by atoms with Crippen molar-refractivity contribution in [2.75, 3.05) is 20.3 Å². The Kier molecular flexibility index (Phi) is 7.59. The first-order valence-electron chi connectivity index (χ1n) is 7.93. The highest BCUT2D eigenvalue weighted by atomic mass is 32.1. The van der Waals surface area contributed by atoms with Gasteiger partial charge in [0, 0.05) is 20.1 Å². The van der Waals surface area contributed by atoms with Crippen LogP contribution in [0.3, 0.4) is 0 Å². The van der Waals surface area contributed by atoms with E-state index in [0.29, 0.717) is 11.3 Å². The van der Waals surface area contributed by atoms with Crippen molar-refractivity contribution >= 4 is 23.2 Å². The van der Waals surface area contributed by atoms with Crippen molar-refractivity contribution in [1.29, 1.82) is 0 Å². The fraction of sp³-hybridized carbons (Fsp3) is 0.333. The third-order valence-corrected chi connectivity index (χ3v) is 4.39. The molecule has 2 aromatic rings. The highest BCUT2D eigenvalue weighted by molar-refractivity contribution is 7.12. The van der Waals surface area contributed by atoms with Gasteiger partial charge >= 0.3 is 0 Å². The van der Waals surface area contributed by atoms with Crippen molar-refractivity contribution in [1.82, 2.24) is 10.6 Å². The lowest BCUT2D eigenvalue weighted by molar-refractivity contribution is -0.123. The second-order valence-electron chi connectivity index (χ2n) is 5.55. The van der Waals surface area contributed by atoms with E-state index >= 15 is 0 Å². The Labute approximate surface area is 150 Å². The number of benzene rings is 1. The van der Waals surface area contributed by atoms with E-state index in [2.05, 4.69) is 10.6 Å². The minimum atomic E-state index is -0.792. The van der Waals surface area contributed by atoms with E-state index in [9.17, 15) is 14.7 Å². The summed E-state index contributed by atoms with van der Waals surface area (Å²) in [6.45, 7) is 0.192. The van der Waals surface area contributed by atoms with Gasteiger partial charge in [0.25, 0.3) is 5.91 Å². The Morgan fingerprint density at radius 3 is 2.60 bits per heavy atom. The molecule has 2 atom stereocenters. The molecule has 0 aliphatic carbocycles. The molecule has 0 radical (unpaired) electrons. The van der Waals surface area contributed by atoms with Gasteiger partial charge in [-0.15, -0.1) is 11.3 Å². The van der Waals surface area contributed by atoms with E-state index in [1.807, 2.05) is 35.7 Å². The Morgan fingerprint density at radius 2 is 1.96 bits per heavy atom. The van der Waals surface area contributed by atoms with Crippen LogP contribution in [0.5, 0.6) is 0 Å². The number of aliphatic hydroxyl groups excluding tert-OH is 1. The molecule has 134 valence electrons. The standard InChI is InChI=1S/C18H22N2O4S/c1-24-12-14(21)11-19-17(22)15(10-13-6-3-2-4-7-13)20-18(23)16-8-5-9-25-16/h2-9,14-15,21H,10-12H2,1H3,(H,19,22)(H,20,23)/t14-,15+/m1/s1. The molecule has 0 saturated heterocycles. The SMILES string of the molecule is COC[C@H](O)CNC(=O)[C@H](Cc1ccccc1)NC(=O)c1cccs1. The van der Waals surface area contributed by atoms with Crippen LogP contribution in [-0.2, 0) is 16.0 Å². The summed E-state index contributed by atoms with van der Waals surface area (Å²) >= 11 is 1.32. The van der Waals surface area contributed by atoms with Crippen LogP contribution in [0.2, 0.25) is 0 Å². The number of hydrogen-bond donors (Lipinski definition) is 3. The van der Waals surface area contributed by atoms with Crippen LogP contribution < -0.4 is 10.6 Å². The van der Waals surface area contributed by atoms with Crippen LogP contribution in [0, 0.1) is 0 Å². The van der Waals surface area contributed by atoms with Crippen LogP contribution in [0.25, 0.3) is 0 Å². The minimum Gasteiger partial charge on any atom is -0.389 e. The van der Waals surface area contributed by atoms with E-state index in [1.54, 1.807) is 12.1 Å². The highest BCUT2D eigenvalue weighted by Crippen LogP contribution is 2.10. The van der Waals surface area contributed by atoms with Gasteiger partial charge in [-0.25, -0.2) is 0 Å². The first kappa shape index (κ1) is 19.1. The van der Waals surface area contributed by atoms with Crippen molar-refractivity contribution in [2.24, 2.45) is 0 Å². The Morgan fingerprint density at radius 1 is 1.20 bits per heavy atom. The van der Waals surface area contributed by atoms with Crippen molar-refractivity contribution in [3.05, 3.63) is 58.3 Å². The smallest absolute Gasteiger partial charge is 0.262 e. The van der Waals surface area contributed by atoms with Gasteiger partial charge in [0.05, 0.1) is 17.6 Å². The predicted molar refractivity (Wildman–Crippen MR) is 96.6 cm³/mol. The van der Waals surface area contributed by atoms with E-state index in [4.69, 9.17) is 4.74 Å². The number of rotatable bonds is 9. The fourth-order valence-electron chi connectivity index (χ4n) is 2.29. The fourth-order valence-corrected chi connectivity index (χ4v) is 2.92. The molecule has 1 aromatic heterocycles. The Bertz CT molecular complexity index is 661. The number of amides is 2. The van der Waals surface area contributed by atoms with Gasteiger partial charge in [0.1, 0.15) is 6.04 Å². The summed E-state index contributed by atoms with van der Waals surface area (Å²) in [5.41, 5.74) is 0.937. The molecular formula is C18H22N2O4S. The van der Waals surface area contributed by atoms with Gasteiger partial charge in [-0.05, 0) is 17.0 Å². The van der Waals surface area contributed by atoms with Gasteiger partial charge < -0.3 is 20.5 Å². The molecule has 2 rings (SSSR count). The van der Waals surface area contributed by atoms with Crippen molar-refractivity contribution < 1.29 is 19.4 Å². The molecule has 0 saturated carbocycles. The monoisotopic (exact) mass is 362 g/mol. The maximum atomic E-state index is 12.5. The van der Waals surface area contributed by atoms with Gasteiger partial charge in [-0.2, -0.15) is 0 Å². The highest BCUT2D eigenvalue weighted by Gasteiger charge is 2.22. The minimum absolute atomic E-state index is 0.0623. The van der Waals surface area contributed by atoms with Crippen LogP contribution in [0.15, 0.2) is 47.8 Å². The van der Waals surface area contributed by atoms with Crippen molar-refractivity contribution in [3.63, 3.8) is 0 Å². The molecule has 7 heteroatoms. The lowest BCUT2D eigenvalue weighted by Crippen LogP contribution is -2.49. The zero-order valence-electron chi connectivity index (χ0n) is 14.0. The van der Waals surface area contributed by atoms with Gasteiger partial charge in [-0.3, -0.25) is 9.59 Å². The molecule has 25 heavy (non-hydrogen) atoms. The molecule has 0 unspecified atom stereocenters. The maximum Gasteiger partial charge on any atom is 0.262 e. The number of carbonyl (C=O) groups is 2. The van der Waals surface area contributed by atoms with Crippen LogP contribution in [-0.4, -0.2) is 49.3 Å². The lowest BCUT2D eigenvalue weighted by atomic mass is 10.0. The summed E-state index contributed by atoms with van der Waals surface area (Å²) in [4.78, 5) is 25.3.